The number of carbonyl (C=O) groups excluding carboxylic acids is 1. The van der Waals surface area contributed by atoms with Gasteiger partial charge in [0.1, 0.15) is 5.78 Å². The van der Waals surface area contributed by atoms with Crippen molar-refractivity contribution in [2.45, 2.75) is 61.1 Å². The lowest BCUT2D eigenvalue weighted by atomic mass is 10.1. The van der Waals surface area contributed by atoms with E-state index in [1.54, 1.807) is 13.0 Å². The predicted molar refractivity (Wildman–Crippen MR) is 123 cm³/mol. The Bertz CT molecular complexity index is 724. The van der Waals surface area contributed by atoms with Crippen LogP contribution in [0.4, 0.5) is 13.2 Å². The molecule has 0 aromatic heterocycles. The van der Waals surface area contributed by atoms with E-state index < -0.39 is 11.7 Å². The molecule has 0 amide bonds. The van der Waals surface area contributed by atoms with Gasteiger partial charge in [0.05, 0.1) is 5.56 Å². The standard InChI is InChI=1S/C8H7F3.C8H10.C6H10.C4H8O/c1-6-4-2-3-5-7(6)8(9,10)11;1-7-3-5-8(2)6-4-7;1-3-5-6-4-2;1-3-4(2)5/h2-5H,1H3;3-6H,1-2H3;3-6H,1-2H3;3H2,1-2H3/b;;5-3-,6-4-;. The highest BCUT2D eigenvalue weighted by atomic mass is 19.4. The molecule has 0 saturated heterocycles. The average Bonchev–Trinajstić information content (AvgIpc) is 2.69. The zero-order chi connectivity index (χ0) is 23.6. The number of hydrogen-bond acceptors (Lipinski definition) is 1. The van der Waals surface area contributed by atoms with Crippen molar-refractivity contribution in [1.29, 1.82) is 0 Å². The molecule has 2 rings (SSSR count). The quantitative estimate of drug-likeness (QED) is 0.445. The lowest BCUT2D eigenvalue weighted by Crippen LogP contribution is -2.06. The summed E-state index contributed by atoms with van der Waals surface area (Å²) in [4.78, 5) is 9.81. The number of hydrogen-bond donors (Lipinski definition) is 0. The SMILES string of the molecule is C/C=C\C=C/C.CCC(C)=O.Cc1ccc(C)cc1.Cc1ccccc1C(F)(F)F. The molecule has 0 N–H and O–H groups in total. The van der Waals surface area contributed by atoms with Crippen molar-refractivity contribution in [2.75, 3.05) is 0 Å². The molecule has 2 aromatic rings. The van der Waals surface area contributed by atoms with Gasteiger partial charge in [-0.2, -0.15) is 13.2 Å². The van der Waals surface area contributed by atoms with Gasteiger partial charge in [0.15, 0.2) is 0 Å². The van der Waals surface area contributed by atoms with Crippen molar-refractivity contribution in [3.05, 3.63) is 95.1 Å². The van der Waals surface area contributed by atoms with Crippen molar-refractivity contribution < 1.29 is 18.0 Å². The largest absolute Gasteiger partial charge is 0.416 e. The van der Waals surface area contributed by atoms with Gasteiger partial charge in [-0.3, -0.25) is 0 Å². The van der Waals surface area contributed by atoms with Crippen LogP contribution in [0.2, 0.25) is 0 Å². The molecule has 0 unspecified atom stereocenters. The van der Waals surface area contributed by atoms with Gasteiger partial charge >= 0.3 is 6.18 Å². The van der Waals surface area contributed by atoms with Gasteiger partial charge in [0.2, 0.25) is 0 Å². The van der Waals surface area contributed by atoms with Crippen LogP contribution < -0.4 is 0 Å². The number of alkyl halides is 3. The summed E-state index contributed by atoms with van der Waals surface area (Å²) in [6.07, 6.45) is 4.45. The number of benzene rings is 2. The highest BCUT2D eigenvalue weighted by Gasteiger charge is 2.31. The van der Waals surface area contributed by atoms with Crippen LogP contribution in [-0.4, -0.2) is 5.78 Å². The molecule has 30 heavy (non-hydrogen) atoms. The van der Waals surface area contributed by atoms with Crippen molar-refractivity contribution in [2.24, 2.45) is 0 Å². The molecule has 0 aliphatic heterocycles. The molecule has 2 aromatic carbocycles. The molecule has 0 heterocycles. The highest BCUT2D eigenvalue weighted by molar-refractivity contribution is 5.74. The molecule has 1 nitrogen and oxygen atoms in total. The Morgan fingerprint density at radius 3 is 1.43 bits per heavy atom. The Morgan fingerprint density at radius 2 is 1.20 bits per heavy atom. The van der Waals surface area contributed by atoms with Crippen LogP contribution in [-0.2, 0) is 11.0 Å². The third-order valence-electron chi connectivity index (χ3n) is 3.66. The number of ketones is 1. The molecule has 0 radical (unpaired) electrons. The van der Waals surface area contributed by atoms with E-state index in [-0.39, 0.29) is 11.3 Å². The first-order valence-corrected chi connectivity index (χ1v) is 9.89. The molecule has 4 heteroatoms. The third kappa shape index (κ3) is 17.5. The van der Waals surface area contributed by atoms with Crippen molar-refractivity contribution in [3.63, 3.8) is 0 Å². The number of aryl methyl sites for hydroxylation is 3. The van der Waals surface area contributed by atoms with Crippen LogP contribution in [0.25, 0.3) is 0 Å². The van der Waals surface area contributed by atoms with Crippen molar-refractivity contribution in [1.82, 2.24) is 0 Å². The summed E-state index contributed by atoms with van der Waals surface area (Å²) in [5.74, 6) is 0.255. The van der Waals surface area contributed by atoms with Crippen LogP contribution in [0, 0.1) is 20.8 Å². The smallest absolute Gasteiger partial charge is 0.300 e. The summed E-state index contributed by atoms with van der Waals surface area (Å²) >= 11 is 0. The fraction of sp³-hybridized carbons (Fsp3) is 0.346. The molecular weight excluding hydrogens is 385 g/mol. The maximum Gasteiger partial charge on any atom is 0.416 e. The molecule has 0 bridgehead atoms. The summed E-state index contributed by atoms with van der Waals surface area (Å²) in [6.45, 7) is 13.1. The minimum absolute atomic E-state index is 0.255. The maximum absolute atomic E-state index is 12.0. The van der Waals surface area contributed by atoms with Gasteiger partial charge in [0.25, 0.3) is 0 Å². The summed E-state index contributed by atoms with van der Waals surface area (Å²) < 4.78 is 36.1. The molecule has 0 atom stereocenters. The van der Waals surface area contributed by atoms with Crippen molar-refractivity contribution >= 4 is 5.78 Å². The van der Waals surface area contributed by atoms with E-state index in [0.717, 1.165) is 6.07 Å². The van der Waals surface area contributed by atoms with Gasteiger partial charge in [-0.15, -0.1) is 0 Å². The number of rotatable bonds is 2. The molecule has 0 fully saturated rings. The Kier molecular flexibility index (Phi) is 17.0. The second-order valence-electron chi connectivity index (χ2n) is 6.57. The summed E-state index contributed by atoms with van der Waals surface area (Å²) in [6, 6.07) is 14.0. The zero-order valence-electron chi connectivity index (χ0n) is 19.2. The van der Waals surface area contributed by atoms with E-state index >= 15 is 0 Å². The predicted octanol–water partition coefficient (Wildman–Crippen LogP) is 8.44. The van der Waals surface area contributed by atoms with E-state index in [2.05, 4.69) is 38.1 Å². The number of Topliss-reactive ketones (excluding diaryl/α,β-unsaturated/α-hetero) is 1. The van der Waals surface area contributed by atoms with E-state index in [1.807, 2.05) is 45.1 Å². The van der Waals surface area contributed by atoms with E-state index in [0.29, 0.717) is 6.42 Å². The normalized spacial score (nSPS) is 10.3. The average molecular weight is 421 g/mol. The van der Waals surface area contributed by atoms with Gasteiger partial charge < -0.3 is 4.79 Å². The fourth-order valence-corrected chi connectivity index (χ4v) is 1.75. The fourth-order valence-electron chi connectivity index (χ4n) is 1.75. The first-order chi connectivity index (χ1) is 14.0. The van der Waals surface area contributed by atoms with Crippen molar-refractivity contribution in [3.8, 4) is 0 Å². The Hall–Kier alpha value is -2.62. The topological polar surface area (TPSA) is 17.1 Å². The van der Waals surface area contributed by atoms with Crippen LogP contribution in [0.3, 0.4) is 0 Å². The molecule has 166 valence electrons. The first-order valence-electron chi connectivity index (χ1n) is 9.89. The number of allylic oxidation sites excluding steroid dienone is 4. The summed E-state index contributed by atoms with van der Waals surface area (Å²) in [5.41, 5.74) is 2.37. The zero-order valence-corrected chi connectivity index (χ0v) is 19.2. The minimum atomic E-state index is -4.22. The van der Waals surface area contributed by atoms with Crippen LogP contribution in [0.5, 0.6) is 0 Å². The number of carbonyl (C=O) groups is 1. The number of halogens is 3. The Morgan fingerprint density at radius 1 is 0.833 bits per heavy atom. The first kappa shape index (κ1) is 29.6. The van der Waals surface area contributed by atoms with Crippen LogP contribution in [0.15, 0.2) is 72.8 Å². The second-order valence-corrected chi connectivity index (χ2v) is 6.57. The molecule has 0 saturated carbocycles. The monoisotopic (exact) mass is 420 g/mol. The molecule has 0 spiro atoms. The molecule has 0 aliphatic rings. The van der Waals surface area contributed by atoms with Gasteiger partial charge in [-0.25, -0.2) is 0 Å². The van der Waals surface area contributed by atoms with Gasteiger partial charge in [-0.1, -0.05) is 84.8 Å². The lowest BCUT2D eigenvalue weighted by molar-refractivity contribution is -0.138. The minimum Gasteiger partial charge on any atom is -0.300 e. The Balaban J connectivity index is 0. The summed E-state index contributed by atoms with van der Waals surface area (Å²) in [5, 5.41) is 0. The van der Waals surface area contributed by atoms with Crippen LogP contribution in [0.1, 0.15) is 56.4 Å². The highest BCUT2D eigenvalue weighted by Crippen LogP contribution is 2.31. The van der Waals surface area contributed by atoms with E-state index in [4.69, 9.17) is 0 Å². The van der Waals surface area contributed by atoms with Gasteiger partial charge in [-0.05, 0) is 53.2 Å². The van der Waals surface area contributed by atoms with Crippen LogP contribution >= 0.6 is 0 Å². The third-order valence-corrected chi connectivity index (χ3v) is 3.66. The summed E-state index contributed by atoms with van der Waals surface area (Å²) in [7, 11) is 0. The van der Waals surface area contributed by atoms with Gasteiger partial charge in [0, 0.05) is 6.42 Å². The molecular formula is C26H35F3O. The van der Waals surface area contributed by atoms with E-state index in [1.165, 1.54) is 30.2 Å². The maximum atomic E-state index is 12.0. The lowest BCUT2D eigenvalue weighted by Gasteiger charge is -2.08. The van der Waals surface area contributed by atoms with E-state index in [9.17, 15) is 18.0 Å². The second kappa shape index (κ2) is 17.3. The molecule has 0 aliphatic carbocycles. The Labute approximate surface area is 180 Å².